The summed E-state index contributed by atoms with van der Waals surface area (Å²) in [5, 5.41) is 3.03. The van der Waals surface area contributed by atoms with Gasteiger partial charge < -0.3 is 9.73 Å². The lowest BCUT2D eigenvalue weighted by atomic mass is 9.96. The first kappa shape index (κ1) is 15.0. The number of aryl methyl sites for hydroxylation is 2. The number of rotatable bonds is 4. The molecule has 1 amide bonds. The van der Waals surface area contributed by atoms with Crippen LogP contribution in [0.4, 0.5) is 0 Å². The van der Waals surface area contributed by atoms with Crippen LogP contribution in [0.2, 0.25) is 0 Å². The van der Waals surface area contributed by atoms with Gasteiger partial charge >= 0.3 is 0 Å². The van der Waals surface area contributed by atoms with Crippen molar-refractivity contribution < 1.29 is 9.21 Å². The van der Waals surface area contributed by atoms with Crippen LogP contribution in [0.15, 0.2) is 65.5 Å². The molecule has 116 valence electrons. The molecule has 0 bridgehead atoms. The summed E-state index contributed by atoms with van der Waals surface area (Å²) in [6, 6.07) is 13.1. The summed E-state index contributed by atoms with van der Waals surface area (Å²) in [6.07, 6.45) is 4.97. The van der Waals surface area contributed by atoms with Crippen LogP contribution in [-0.2, 0) is 0 Å². The molecule has 4 nitrogen and oxygen atoms in total. The maximum absolute atomic E-state index is 12.4. The Morgan fingerprint density at radius 3 is 2.61 bits per heavy atom. The number of amides is 1. The normalized spacial score (nSPS) is 11.9. The van der Waals surface area contributed by atoms with Gasteiger partial charge in [0.15, 0.2) is 5.76 Å². The molecule has 0 radical (unpaired) electrons. The van der Waals surface area contributed by atoms with E-state index in [-0.39, 0.29) is 11.9 Å². The van der Waals surface area contributed by atoms with E-state index in [4.69, 9.17) is 4.42 Å². The molecule has 3 rings (SSSR count). The number of carbonyl (C=O) groups excluding carboxylic acids is 1. The third-order valence-electron chi connectivity index (χ3n) is 3.90. The van der Waals surface area contributed by atoms with Gasteiger partial charge in [0, 0.05) is 12.4 Å². The Hall–Kier alpha value is -2.88. The van der Waals surface area contributed by atoms with Crippen LogP contribution in [0.5, 0.6) is 0 Å². The van der Waals surface area contributed by atoms with Crippen LogP contribution in [-0.4, -0.2) is 10.9 Å². The number of nitrogens with zero attached hydrogens (tertiary/aromatic N) is 1. The summed E-state index contributed by atoms with van der Waals surface area (Å²) in [5.41, 5.74) is 4.34. The number of nitrogens with one attached hydrogen (secondary N) is 1. The quantitative estimate of drug-likeness (QED) is 0.797. The Kier molecular flexibility index (Phi) is 4.24. The van der Waals surface area contributed by atoms with Crippen molar-refractivity contribution in [2.24, 2.45) is 0 Å². The summed E-state index contributed by atoms with van der Waals surface area (Å²) in [7, 11) is 0. The summed E-state index contributed by atoms with van der Waals surface area (Å²) in [5.74, 6) is 0.0461. The highest BCUT2D eigenvalue weighted by Gasteiger charge is 2.19. The van der Waals surface area contributed by atoms with E-state index >= 15 is 0 Å². The Morgan fingerprint density at radius 1 is 1.09 bits per heavy atom. The molecule has 23 heavy (non-hydrogen) atoms. The molecular formula is C19H18N2O2. The molecule has 0 fully saturated rings. The van der Waals surface area contributed by atoms with E-state index in [1.54, 1.807) is 24.5 Å². The Labute approximate surface area is 135 Å². The van der Waals surface area contributed by atoms with E-state index in [0.29, 0.717) is 5.76 Å². The van der Waals surface area contributed by atoms with E-state index in [9.17, 15) is 4.79 Å². The van der Waals surface area contributed by atoms with E-state index < -0.39 is 0 Å². The summed E-state index contributed by atoms with van der Waals surface area (Å²) >= 11 is 0. The Morgan fingerprint density at radius 2 is 1.96 bits per heavy atom. The first-order valence-corrected chi connectivity index (χ1v) is 7.46. The van der Waals surface area contributed by atoms with E-state index in [1.165, 1.54) is 17.4 Å². The van der Waals surface area contributed by atoms with Crippen LogP contribution in [0.1, 0.15) is 38.9 Å². The molecule has 2 heterocycles. The second kappa shape index (κ2) is 6.48. The van der Waals surface area contributed by atoms with Gasteiger partial charge in [-0.1, -0.05) is 24.3 Å². The van der Waals surface area contributed by atoms with E-state index in [0.717, 1.165) is 11.1 Å². The third kappa shape index (κ3) is 3.31. The van der Waals surface area contributed by atoms with Gasteiger partial charge in [-0.15, -0.1) is 0 Å². The number of aromatic nitrogens is 1. The SMILES string of the molecule is Cc1ccc(C(NC(=O)c2ccco2)c2cccnc2)cc1C. The Balaban J connectivity index is 1.97. The minimum absolute atomic E-state index is 0.248. The number of carbonyl (C=O) groups is 1. The monoisotopic (exact) mass is 306 g/mol. The predicted molar refractivity (Wildman–Crippen MR) is 88.2 cm³/mol. The second-order valence-corrected chi connectivity index (χ2v) is 5.51. The lowest BCUT2D eigenvalue weighted by Crippen LogP contribution is -2.29. The van der Waals surface area contributed by atoms with Gasteiger partial charge in [-0.25, -0.2) is 0 Å². The van der Waals surface area contributed by atoms with Crippen molar-refractivity contribution >= 4 is 5.91 Å². The largest absolute Gasteiger partial charge is 0.459 e. The van der Waals surface area contributed by atoms with Crippen LogP contribution in [0.3, 0.4) is 0 Å². The first-order chi connectivity index (χ1) is 11.1. The fraction of sp³-hybridized carbons (Fsp3) is 0.158. The minimum atomic E-state index is -0.277. The zero-order valence-corrected chi connectivity index (χ0v) is 13.1. The Bertz CT molecular complexity index is 796. The maximum atomic E-state index is 12.4. The molecule has 0 spiro atoms. The molecule has 0 saturated carbocycles. The van der Waals surface area contributed by atoms with Crippen molar-refractivity contribution in [3.8, 4) is 0 Å². The maximum Gasteiger partial charge on any atom is 0.287 e. The number of furan rings is 1. The van der Waals surface area contributed by atoms with Crippen LogP contribution < -0.4 is 5.32 Å². The van der Waals surface area contributed by atoms with Crippen molar-refractivity contribution in [2.75, 3.05) is 0 Å². The summed E-state index contributed by atoms with van der Waals surface area (Å²) in [6.45, 7) is 4.13. The minimum Gasteiger partial charge on any atom is -0.459 e. The number of hydrogen-bond acceptors (Lipinski definition) is 3. The van der Waals surface area contributed by atoms with Gasteiger partial charge in [0.05, 0.1) is 12.3 Å². The van der Waals surface area contributed by atoms with Crippen LogP contribution in [0.25, 0.3) is 0 Å². The molecule has 4 heteroatoms. The summed E-state index contributed by atoms with van der Waals surface area (Å²) in [4.78, 5) is 16.6. The molecule has 0 aliphatic heterocycles. The molecule has 2 aromatic heterocycles. The van der Waals surface area contributed by atoms with Gasteiger partial charge in [-0.05, 0) is 54.3 Å². The molecule has 1 aromatic carbocycles. The van der Waals surface area contributed by atoms with Crippen molar-refractivity contribution in [2.45, 2.75) is 19.9 Å². The zero-order valence-electron chi connectivity index (χ0n) is 13.1. The van der Waals surface area contributed by atoms with Crippen LogP contribution >= 0.6 is 0 Å². The van der Waals surface area contributed by atoms with Gasteiger partial charge in [-0.3, -0.25) is 9.78 Å². The predicted octanol–water partition coefficient (Wildman–Crippen LogP) is 3.81. The fourth-order valence-corrected chi connectivity index (χ4v) is 2.46. The third-order valence-corrected chi connectivity index (χ3v) is 3.90. The molecule has 3 aromatic rings. The molecule has 1 unspecified atom stereocenters. The lowest BCUT2D eigenvalue weighted by Gasteiger charge is -2.20. The van der Waals surface area contributed by atoms with Gasteiger partial charge in [-0.2, -0.15) is 0 Å². The smallest absolute Gasteiger partial charge is 0.287 e. The average molecular weight is 306 g/mol. The van der Waals surface area contributed by atoms with Gasteiger partial charge in [0.2, 0.25) is 0 Å². The molecule has 1 atom stereocenters. The highest BCUT2D eigenvalue weighted by atomic mass is 16.3. The summed E-state index contributed by atoms with van der Waals surface area (Å²) < 4.78 is 5.18. The molecule has 1 N–H and O–H groups in total. The highest BCUT2D eigenvalue weighted by Crippen LogP contribution is 2.24. The first-order valence-electron chi connectivity index (χ1n) is 7.46. The fourth-order valence-electron chi connectivity index (χ4n) is 2.46. The van der Waals surface area contributed by atoms with Crippen molar-refractivity contribution in [1.82, 2.24) is 10.3 Å². The standard InChI is InChI=1S/C19H18N2O2/c1-13-7-8-15(11-14(13)2)18(16-5-3-9-20-12-16)21-19(22)17-6-4-10-23-17/h3-12,18H,1-2H3,(H,21,22). The lowest BCUT2D eigenvalue weighted by molar-refractivity contribution is 0.0915. The van der Waals surface area contributed by atoms with Crippen LogP contribution in [0, 0.1) is 13.8 Å². The molecule has 0 aliphatic carbocycles. The van der Waals surface area contributed by atoms with Crippen molar-refractivity contribution in [3.63, 3.8) is 0 Å². The van der Waals surface area contributed by atoms with Crippen molar-refractivity contribution in [3.05, 3.63) is 89.1 Å². The topological polar surface area (TPSA) is 55.1 Å². The van der Waals surface area contributed by atoms with Crippen molar-refractivity contribution in [1.29, 1.82) is 0 Å². The number of hydrogen-bond donors (Lipinski definition) is 1. The van der Waals surface area contributed by atoms with E-state index in [2.05, 4.69) is 36.3 Å². The van der Waals surface area contributed by atoms with E-state index in [1.807, 2.05) is 18.2 Å². The molecular weight excluding hydrogens is 288 g/mol. The zero-order chi connectivity index (χ0) is 16.2. The average Bonchev–Trinajstić information content (AvgIpc) is 3.10. The van der Waals surface area contributed by atoms with Gasteiger partial charge in [0.1, 0.15) is 0 Å². The number of pyridine rings is 1. The number of benzene rings is 1. The van der Waals surface area contributed by atoms with Gasteiger partial charge in [0.25, 0.3) is 5.91 Å². The second-order valence-electron chi connectivity index (χ2n) is 5.51. The highest BCUT2D eigenvalue weighted by molar-refractivity contribution is 5.91. The molecule has 0 aliphatic rings. The molecule has 0 saturated heterocycles.